The molecule has 2 unspecified atom stereocenters. The van der Waals surface area contributed by atoms with Crippen LogP contribution in [0.4, 0.5) is 0 Å². The highest BCUT2D eigenvalue weighted by Gasteiger charge is 2.61. The molecule has 0 heterocycles. The summed E-state index contributed by atoms with van der Waals surface area (Å²) in [6.07, 6.45) is 4.25. The summed E-state index contributed by atoms with van der Waals surface area (Å²) in [6.45, 7) is 17.0. The standard InChI is InChI=1S/C16H28/c1-11(2)15-8-9-16(10-15,14(5,6)7)13(4)12(15)3/h11H,8-10H2,1-7H3. The summed E-state index contributed by atoms with van der Waals surface area (Å²) in [4.78, 5) is 0. The quantitative estimate of drug-likeness (QED) is 0.533. The second kappa shape index (κ2) is 3.15. The highest BCUT2D eigenvalue weighted by Crippen LogP contribution is 2.71. The van der Waals surface area contributed by atoms with Gasteiger partial charge in [0.15, 0.2) is 0 Å². The van der Waals surface area contributed by atoms with Crippen molar-refractivity contribution in [3.63, 3.8) is 0 Å². The fraction of sp³-hybridized carbons (Fsp3) is 0.875. The molecule has 0 N–H and O–H groups in total. The van der Waals surface area contributed by atoms with Crippen molar-refractivity contribution in [2.75, 3.05) is 0 Å². The Hall–Kier alpha value is -0.260. The lowest BCUT2D eigenvalue weighted by atomic mass is 9.62. The second-order valence-electron chi connectivity index (χ2n) is 7.57. The monoisotopic (exact) mass is 220 g/mol. The topological polar surface area (TPSA) is 0 Å². The first-order valence-corrected chi connectivity index (χ1v) is 6.86. The van der Waals surface area contributed by atoms with Gasteiger partial charge in [-0.3, -0.25) is 0 Å². The van der Waals surface area contributed by atoms with Crippen molar-refractivity contribution in [3.05, 3.63) is 11.1 Å². The smallest absolute Gasteiger partial charge is 0.00308 e. The lowest BCUT2D eigenvalue weighted by molar-refractivity contribution is 0.133. The molecule has 2 aliphatic rings. The molecule has 92 valence electrons. The molecule has 2 rings (SSSR count). The molecule has 16 heavy (non-hydrogen) atoms. The predicted octanol–water partition coefficient (Wildman–Crippen LogP) is 5.20. The van der Waals surface area contributed by atoms with Crippen molar-refractivity contribution in [1.82, 2.24) is 0 Å². The number of allylic oxidation sites excluding steroid dienone is 2. The van der Waals surface area contributed by atoms with Gasteiger partial charge in [-0.15, -0.1) is 0 Å². The first-order valence-electron chi connectivity index (χ1n) is 6.86. The van der Waals surface area contributed by atoms with E-state index in [2.05, 4.69) is 48.5 Å². The molecule has 0 aliphatic heterocycles. The van der Waals surface area contributed by atoms with E-state index in [0.29, 0.717) is 16.2 Å². The zero-order valence-corrected chi connectivity index (χ0v) is 12.2. The summed E-state index contributed by atoms with van der Waals surface area (Å²) >= 11 is 0. The third-order valence-corrected chi connectivity index (χ3v) is 6.18. The van der Waals surface area contributed by atoms with Gasteiger partial charge in [-0.2, -0.15) is 0 Å². The fourth-order valence-corrected chi connectivity index (χ4v) is 4.65. The van der Waals surface area contributed by atoms with Crippen LogP contribution in [0.1, 0.15) is 67.7 Å². The average molecular weight is 220 g/mol. The summed E-state index contributed by atoms with van der Waals surface area (Å²) in [5.41, 5.74) is 4.91. The van der Waals surface area contributed by atoms with E-state index in [1.807, 2.05) is 0 Å². The first kappa shape index (κ1) is 12.2. The Morgan fingerprint density at radius 2 is 1.56 bits per heavy atom. The van der Waals surface area contributed by atoms with Crippen molar-refractivity contribution >= 4 is 0 Å². The molecule has 0 amide bonds. The van der Waals surface area contributed by atoms with Gasteiger partial charge in [0.05, 0.1) is 0 Å². The van der Waals surface area contributed by atoms with Crippen molar-refractivity contribution in [1.29, 1.82) is 0 Å². The Bertz CT molecular complexity index is 340. The van der Waals surface area contributed by atoms with E-state index in [-0.39, 0.29) is 0 Å². The van der Waals surface area contributed by atoms with E-state index in [1.165, 1.54) is 19.3 Å². The highest BCUT2D eigenvalue weighted by molar-refractivity contribution is 5.39. The molecule has 0 saturated heterocycles. The average Bonchev–Trinajstić information content (AvgIpc) is 2.64. The summed E-state index contributed by atoms with van der Waals surface area (Å²) in [5, 5.41) is 0. The number of hydrogen-bond donors (Lipinski definition) is 0. The fourth-order valence-electron chi connectivity index (χ4n) is 4.65. The van der Waals surface area contributed by atoms with E-state index >= 15 is 0 Å². The molecule has 0 radical (unpaired) electrons. The van der Waals surface area contributed by atoms with Crippen molar-refractivity contribution in [3.8, 4) is 0 Å². The molecule has 0 aromatic rings. The Kier molecular flexibility index (Phi) is 2.40. The van der Waals surface area contributed by atoms with Crippen LogP contribution in [-0.4, -0.2) is 0 Å². The van der Waals surface area contributed by atoms with Crippen LogP contribution in [0.2, 0.25) is 0 Å². The normalized spacial score (nSPS) is 39.0. The van der Waals surface area contributed by atoms with Crippen LogP contribution in [0.15, 0.2) is 11.1 Å². The van der Waals surface area contributed by atoms with Crippen molar-refractivity contribution in [2.45, 2.75) is 67.7 Å². The summed E-state index contributed by atoms with van der Waals surface area (Å²) in [6, 6.07) is 0. The van der Waals surface area contributed by atoms with Gasteiger partial charge in [0.25, 0.3) is 0 Å². The molecule has 0 nitrogen and oxygen atoms in total. The maximum Gasteiger partial charge on any atom is -0.00308 e. The summed E-state index contributed by atoms with van der Waals surface area (Å²) in [7, 11) is 0. The van der Waals surface area contributed by atoms with Gasteiger partial charge in [-0.05, 0) is 55.3 Å². The van der Waals surface area contributed by atoms with Crippen LogP contribution in [0.25, 0.3) is 0 Å². The van der Waals surface area contributed by atoms with E-state index in [0.717, 1.165) is 5.92 Å². The zero-order valence-electron chi connectivity index (χ0n) is 12.2. The van der Waals surface area contributed by atoms with Gasteiger partial charge in [0.2, 0.25) is 0 Å². The van der Waals surface area contributed by atoms with Crippen LogP contribution in [0.5, 0.6) is 0 Å². The van der Waals surface area contributed by atoms with Gasteiger partial charge >= 0.3 is 0 Å². The third-order valence-electron chi connectivity index (χ3n) is 6.18. The van der Waals surface area contributed by atoms with Gasteiger partial charge in [-0.25, -0.2) is 0 Å². The maximum atomic E-state index is 2.44. The molecule has 2 atom stereocenters. The molecule has 0 heteroatoms. The lowest BCUT2D eigenvalue weighted by Crippen LogP contribution is -2.33. The van der Waals surface area contributed by atoms with Crippen LogP contribution >= 0.6 is 0 Å². The molecular weight excluding hydrogens is 192 g/mol. The SMILES string of the molecule is CC1=C(C)C2(C(C)(C)C)CCC1(C(C)C)C2. The van der Waals surface area contributed by atoms with Crippen LogP contribution < -0.4 is 0 Å². The number of fused-ring (bicyclic) bond motifs is 2. The highest BCUT2D eigenvalue weighted by atomic mass is 14.6. The van der Waals surface area contributed by atoms with Gasteiger partial charge < -0.3 is 0 Å². The van der Waals surface area contributed by atoms with E-state index < -0.39 is 0 Å². The molecule has 2 aliphatic carbocycles. The predicted molar refractivity (Wildman–Crippen MR) is 71.4 cm³/mol. The molecule has 2 bridgehead atoms. The Morgan fingerprint density at radius 3 is 1.88 bits per heavy atom. The van der Waals surface area contributed by atoms with Crippen molar-refractivity contribution in [2.24, 2.45) is 22.2 Å². The minimum atomic E-state index is 0.422. The lowest BCUT2D eigenvalue weighted by Gasteiger charge is -2.42. The van der Waals surface area contributed by atoms with Crippen LogP contribution in [-0.2, 0) is 0 Å². The Labute approximate surface area is 102 Å². The molecule has 0 aromatic heterocycles. The largest absolute Gasteiger partial charge is 0.0673 e. The molecule has 0 aromatic carbocycles. The summed E-state index contributed by atoms with van der Waals surface area (Å²) < 4.78 is 0. The van der Waals surface area contributed by atoms with Gasteiger partial charge in [0.1, 0.15) is 0 Å². The van der Waals surface area contributed by atoms with E-state index in [1.54, 1.807) is 11.1 Å². The first-order chi connectivity index (χ1) is 7.17. The molecular formula is C16H28. The van der Waals surface area contributed by atoms with Crippen molar-refractivity contribution < 1.29 is 0 Å². The minimum absolute atomic E-state index is 0.422. The summed E-state index contributed by atoms with van der Waals surface area (Å²) in [5.74, 6) is 0.800. The van der Waals surface area contributed by atoms with Crippen LogP contribution in [0, 0.1) is 22.2 Å². The number of rotatable bonds is 1. The van der Waals surface area contributed by atoms with Gasteiger partial charge in [-0.1, -0.05) is 45.8 Å². The third kappa shape index (κ3) is 1.17. The molecule has 0 spiro atoms. The molecule has 1 saturated carbocycles. The van der Waals surface area contributed by atoms with Crippen LogP contribution in [0.3, 0.4) is 0 Å². The van der Waals surface area contributed by atoms with E-state index in [4.69, 9.17) is 0 Å². The maximum absolute atomic E-state index is 2.44. The molecule has 1 fully saturated rings. The van der Waals surface area contributed by atoms with E-state index in [9.17, 15) is 0 Å². The second-order valence-corrected chi connectivity index (χ2v) is 7.57. The Balaban J connectivity index is 2.53. The van der Waals surface area contributed by atoms with Gasteiger partial charge in [0, 0.05) is 0 Å². The zero-order chi connectivity index (χ0) is 12.4. The minimum Gasteiger partial charge on any atom is -0.0673 e. The Morgan fingerprint density at radius 1 is 1.00 bits per heavy atom. The number of hydrogen-bond acceptors (Lipinski definition) is 0.